The summed E-state index contributed by atoms with van der Waals surface area (Å²) in [6.07, 6.45) is 1.67. The summed E-state index contributed by atoms with van der Waals surface area (Å²) in [5, 5.41) is 10.9. The van der Waals surface area contributed by atoms with Gasteiger partial charge in [0.2, 0.25) is 0 Å². The van der Waals surface area contributed by atoms with Crippen LogP contribution in [0, 0.1) is 10.1 Å². The molecule has 0 spiro atoms. The average Bonchev–Trinajstić information content (AvgIpc) is 2.97. The van der Waals surface area contributed by atoms with Crippen LogP contribution in [-0.4, -0.2) is 16.2 Å². The molecule has 0 saturated heterocycles. The molecule has 3 aromatic rings. The Hall–Kier alpha value is -2.78. The van der Waals surface area contributed by atoms with Crippen LogP contribution in [0.4, 0.5) is 11.4 Å². The van der Waals surface area contributed by atoms with E-state index in [2.05, 4.69) is 20.9 Å². The zero-order valence-electron chi connectivity index (χ0n) is 13.9. The number of thiazole rings is 1. The molecule has 9 heteroatoms. The maximum absolute atomic E-state index is 12.8. The standard InChI is InChI=1S/C18H13BrN4O3S/c19-13-4-2-5-14(9-13)21-10-20-18-22(11-21)17(24)16(27-18)8-12-3-1-6-15(7-12)23(25)26/h1-9H,10-11H2. The van der Waals surface area contributed by atoms with Crippen LogP contribution in [0.3, 0.4) is 0 Å². The van der Waals surface area contributed by atoms with Crippen molar-refractivity contribution < 1.29 is 4.92 Å². The van der Waals surface area contributed by atoms with Crippen LogP contribution >= 0.6 is 27.3 Å². The monoisotopic (exact) mass is 444 g/mol. The van der Waals surface area contributed by atoms with Crippen molar-refractivity contribution in [2.75, 3.05) is 11.6 Å². The third-order valence-electron chi connectivity index (χ3n) is 4.13. The molecule has 2 heterocycles. The van der Waals surface area contributed by atoms with Crippen LogP contribution in [0.5, 0.6) is 0 Å². The number of nitrogens with zero attached hydrogens (tertiary/aromatic N) is 4. The lowest BCUT2D eigenvalue weighted by Gasteiger charge is -2.25. The Labute approximate surface area is 165 Å². The highest BCUT2D eigenvalue weighted by molar-refractivity contribution is 9.10. The topological polar surface area (TPSA) is 80.7 Å². The SMILES string of the molecule is O=c1c(=Cc2cccc([N+](=O)[O-])c2)sc2n1CN(c1cccc(Br)c1)CN=2. The smallest absolute Gasteiger partial charge is 0.271 e. The van der Waals surface area contributed by atoms with Gasteiger partial charge >= 0.3 is 0 Å². The molecule has 0 radical (unpaired) electrons. The molecule has 0 unspecified atom stereocenters. The molecule has 0 saturated carbocycles. The summed E-state index contributed by atoms with van der Waals surface area (Å²) in [6, 6.07) is 14.1. The van der Waals surface area contributed by atoms with Crippen molar-refractivity contribution in [3.05, 3.63) is 88.4 Å². The van der Waals surface area contributed by atoms with Crippen LogP contribution in [0.1, 0.15) is 5.56 Å². The molecule has 0 fully saturated rings. The Kier molecular flexibility index (Phi) is 4.63. The van der Waals surface area contributed by atoms with Crippen molar-refractivity contribution in [2.24, 2.45) is 4.99 Å². The van der Waals surface area contributed by atoms with Crippen molar-refractivity contribution in [3.63, 3.8) is 0 Å². The van der Waals surface area contributed by atoms with Crippen molar-refractivity contribution in [3.8, 4) is 0 Å². The maximum atomic E-state index is 12.8. The molecule has 27 heavy (non-hydrogen) atoms. The molecule has 0 aliphatic carbocycles. The molecule has 7 nitrogen and oxygen atoms in total. The molecule has 0 bridgehead atoms. The van der Waals surface area contributed by atoms with Gasteiger partial charge < -0.3 is 4.90 Å². The molecular weight excluding hydrogens is 432 g/mol. The summed E-state index contributed by atoms with van der Waals surface area (Å²) in [4.78, 5) is 30.4. The first-order valence-corrected chi connectivity index (χ1v) is 9.63. The largest absolute Gasteiger partial charge is 0.334 e. The molecule has 0 N–H and O–H groups in total. The Morgan fingerprint density at radius 3 is 2.81 bits per heavy atom. The lowest BCUT2D eigenvalue weighted by molar-refractivity contribution is -0.384. The molecule has 2 aromatic carbocycles. The number of non-ortho nitro benzene ring substituents is 1. The molecular formula is C18H13BrN4O3S. The second kappa shape index (κ2) is 7.09. The first-order valence-electron chi connectivity index (χ1n) is 8.02. The van der Waals surface area contributed by atoms with Crippen LogP contribution in [0.25, 0.3) is 6.08 Å². The summed E-state index contributed by atoms with van der Waals surface area (Å²) in [7, 11) is 0. The predicted octanol–water partition coefficient (Wildman–Crippen LogP) is 2.46. The Bertz CT molecular complexity index is 1220. The zero-order chi connectivity index (χ0) is 19.0. The van der Waals surface area contributed by atoms with Gasteiger partial charge in [-0.25, -0.2) is 4.99 Å². The summed E-state index contributed by atoms with van der Waals surface area (Å²) in [5.74, 6) is 0. The molecule has 0 atom stereocenters. The van der Waals surface area contributed by atoms with Gasteiger partial charge in [-0.1, -0.05) is 45.5 Å². The third kappa shape index (κ3) is 3.56. The fourth-order valence-electron chi connectivity index (χ4n) is 2.83. The second-order valence-corrected chi connectivity index (χ2v) is 7.86. The molecule has 4 rings (SSSR count). The number of nitro groups is 1. The molecule has 1 aliphatic heterocycles. The van der Waals surface area contributed by atoms with Crippen LogP contribution in [0.15, 0.2) is 62.8 Å². The fourth-order valence-corrected chi connectivity index (χ4v) is 4.18. The lowest BCUT2D eigenvalue weighted by Crippen LogP contribution is -2.42. The molecule has 1 aliphatic rings. The predicted molar refractivity (Wildman–Crippen MR) is 108 cm³/mol. The van der Waals surface area contributed by atoms with Gasteiger partial charge in [0.25, 0.3) is 11.2 Å². The minimum absolute atomic E-state index is 0.00399. The van der Waals surface area contributed by atoms with Gasteiger partial charge in [0.05, 0.1) is 9.46 Å². The van der Waals surface area contributed by atoms with E-state index < -0.39 is 4.92 Å². The van der Waals surface area contributed by atoms with Crippen LogP contribution < -0.4 is 19.8 Å². The average molecular weight is 445 g/mol. The van der Waals surface area contributed by atoms with Gasteiger partial charge in [-0.05, 0) is 29.8 Å². The highest BCUT2D eigenvalue weighted by Gasteiger charge is 2.16. The van der Waals surface area contributed by atoms with E-state index in [1.54, 1.807) is 22.8 Å². The van der Waals surface area contributed by atoms with Gasteiger partial charge in [0.1, 0.15) is 13.3 Å². The fraction of sp³-hybridized carbons (Fsp3) is 0.111. The number of halogens is 1. The van der Waals surface area contributed by atoms with Crippen molar-refractivity contribution in [2.45, 2.75) is 6.67 Å². The van der Waals surface area contributed by atoms with E-state index in [9.17, 15) is 14.9 Å². The first-order chi connectivity index (χ1) is 13.0. The highest BCUT2D eigenvalue weighted by Crippen LogP contribution is 2.20. The van der Waals surface area contributed by atoms with E-state index >= 15 is 0 Å². The Balaban J connectivity index is 1.72. The first kappa shape index (κ1) is 17.6. The zero-order valence-corrected chi connectivity index (χ0v) is 16.3. The highest BCUT2D eigenvalue weighted by atomic mass is 79.9. The molecule has 136 valence electrons. The number of hydrogen-bond acceptors (Lipinski definition) is 6. The maximum Gasteiger partial charge on any atom is 0.271 e. The molecule has 1 aromatic heterocycles. The Morgan fingerprint density at radius 2 is 2.04 bits per heavy atom. The minimum atomic E-state index is -0.450. The number of aromatic nitrogens is 1. The summed E-state index contributed by atoms with van der Waals surface area (Å²) < 4.78 is 3.09. The third-order valence-corrected chi connectivity index (χ3v) is 5.67. The number of nitro benzene ring substituents is 1. The van der Waals surface area contributed by atoms with E-state index in [0.29, 0.717) is 28.2 Å². The minimum Gasteiger partial charge on any atom is -0.334 e. The van der Waals surface area contributed by atoms with Crippen LogP contribution in [-0.2, 0) is 6.67 Å². The van der Waals surface area contributed by atoms with Crippen molar-refractivity contribution in [1.82, 2.24) is 4.57 Å². The Morgan fingerprint density at radius 1 is 1.22 bits per heavy atom. The van der Waals surface area contributed by atoms with Crippen molar-refractivity contribution >= 4 is 44.7 Å². The summed E-state index contributed by atoms with van der Waals surface area (Å²) >= 11 is 4.75. The van der Waals surface area contributed by atoms with E-state index in [1.165, 1.54) is 23.5 Å². The number of hydrogen-bond donors (Lipinski definition) is 0. The quantitative estimate of drug-likeness (QED) is 0.458. The van der Waals surface area contributed by atoms with Gasteiger partial charge in [-0.15, -0.1) is 0 Å². The summed E-state index contributed by atoms with van der Waals surface area (Å²) in [5.41, 5.74) is 1.44. The van der Waals surface area contributed by atoms with Gasteiger partial charge in [0.15, 0.2) is 4.80 Å². The number of fused-ring (bicyclic) bond motifs is 1. The second-order valence-electron chi connectivity index (χ2n) is 5.94. The van der Waals surface area contributed by atoms with Crippen LogP contribution in [0.2, 0.25) is 0 Å². The van der Waals surface area contributed by atoms with E-state index in [4.69, 9.17) is 0 Å². The number of rotatable bonds is 3. The summed E-state index contributed by atoms with van der Waals surface area (Å²) in [6.45, 7) is 0.875. The van der Waals surface area contributed by atoms with E-state index in [-0.39, 0.29) is 11.2 Å². The van der Waals surface area contributed by atoms with E-state index in [1.807, 2.05) is 29.2 Å². The van der Waals surface area contributed by atoms with Gasteiger partial charge in [-0.3, -0.25) is 19.5 Å². The molecule has 0 amide bonds. The van der Waals surface area contributed by atoms with E-state index in [0.717, 1.165) is 10.2 Å². The normalized spacial score (nSPS) is 14.0. The van der Waals surface area contributed by atoms with Gasteiger partial charge in [0, 0.05) is 22.3 Å². The number of anilines is 1. The van der Waals surface area contributed by atoms with Gasteiger partial charge in [-0.2, -0.15) is 0 Å². The lowest BCUT2D eigenvalue weighted by atomic mass is 10.2. The van der Waals surface area contributed by atoms with Crippen molar-refractivity contribution in [1.29, 1.82) is 0 Å². The number of benzene rings is 2.